The first-order valence-corrected chi connectivity index (χ1v) is 16.3. The van der Waals surface area contributed by atoms with E-state index in [1.807, 2.05) is 16.8 Å². The van der Waals surface area contributed by atoms with Gasteiger partial charge < -0.3 is 21.3 Å². The van der Waals surface area contributed by atoms with Gasteiger partial charge in [-0.05, 0) is 51.1 Å². The zero-order valence-electron chi connectivity index (χ0n) is 25.2. The van der Waals surface area contributed by atoms with E-state index in [-0.39, 0.29) is 26.5 Å². The fourth-order valence-corrected chi connectivity index (χ4v) is 8.28. The van der Waals surface area contributed by atoms with Gasteiger partial charge in [0, 0.05) is 54.5 Å². The summed E-state index contributed by atoms with van der Waals surface area (Å²) in [6.07, 6.45) is 5.75. The molecule has 0 unspecified atom stereocenters. The van der Waals surface area contributed by atoms with Gasteiger partial charge in [-0.2, -0.15) is 10.1 Å². The van der Waals surface area contributed by atoms with E-state index in [1.54, 1.807) is 18.5 Å². The Morgan fingerprint density at radius 3 is 2.61 bits per heavy atom. The molecule has 14 heteroatoms. The topological polar surface area (TPSA) is 131 Å². The van der Waals surface area contributed by atoms with Crippen LogP contribution < -0.4 is 21.3 Å². The molecule has 3 aliphatic heterocycles. The van der Waals surface area contributed by atoms with Gasteiger partial charge in [-0.1, -0.05) is 17.4 Å². The van der Waals surface area contributed by atoms with E-state index in [0.29, 0.717) is 59.1 Å². The molecule has 0 spiro atoms. The van der Waals surface area contributed by atoms with Crippen molar-refractivity contribution in [2.24, 2.45) is 0 Å². The number of nitrogens with zero attached hydrogens (tertiary/aromatic N) is 9. The second kappa shape index (κ2) is 9.90. The predicted octanol–water partition coefficient (Wildman–Crippen LogP) is 4.79. The number of benzene rings is 2. The lowest BCUT2D eigenvalue weighted by Gasteiger charge is -2.53. The molecule has 0 bridgehead atoms. The minimum absolute atomic E-state index is 0.0172. The molecule has 11 nitrogen and oxygen atoms in total. The van der Waals surface area contributed by atoms with Crippen LogP contribution >= 0.6 is 11.3 Å². The van der Waals surface area contributed by atoms with Crippen molar-refractivity contribution < 1.29 is 8.78 Å². The van der Waals surface area contributed by atoms with Crippen molar-refractivity contribution in [1.29, 1.82) is 0 Å². The third-order valence-corrected chi connectivity index (χ3v) is 10.7. The molecule has 2 fully saturated rings. The Labute approximate surface area is 266 Å². The molecule has 0 amide bonds. The van der Waals surface area contributed by atoms with Crippen molar-refractivity contribution in [3.63, 3.8) is 0 Å². The average molecular weight is 640 g/mol. The summed E-state index contributed by atoms with van der Waals surface area (Å²) in [5.41, 5.74) is 15.1. The van der Waals surface area contributed by atoms with Gasteiger partial charge in [0.2, 0.25) is 5.95 Å². The first kappa shape index (κ1) is 27.6. The standard InChI is InChI=1S/C32H31F2N11S/c1-32(44-9-2-3-10-44)15-43(16-32)31-40-25-22-26-19(21(23(25)34)18-6-7-20(33)27-24(18)39-30(36)46-27)13-38-45(26)12-11-42(29(22)41-31)14-17-5-4-8-37-28(17)35/h4-8,13H,2-3,9-12,14-16H2,1H3,(H2,35,37)(H2,36,39). The molecule has 3 aliphatic rings. The van der Waals surface area contributed by atoms with Crippen molar-refractivity contribution in [3.8, 4) is 11.1 Å². The summed E-state index contributed by atoms with van der Waals surface area (Å²) in [6, 6.07) is 6.70. The Hall–Kier alpha value is -4.69. The maximum absolute atomic E-state index is 17.3. The van der Waals surface area contributed by atoms with E-state index in [2.05, 4.69) is 31.6 Å². The van der Waals surface area contributed by atoms with Crippen LogP contribution in [0.3, 0.4) is 0 Å². The lowest BCUT2D eigenvalue weighted by molar-refractivity contribution is 0.100. The molecule has 6 aromatic rings. The van der Waals surface area contributed by atoms with Gasteiger partial charge in [0.25, 0.3) is 0 Å². The molecular formula is C32H31F2N11S. The highest BCUT2D eigenvalue weighted by atomic mass is 32.1. The largest absolute Gasteiger partial charge is 0.383 e. The summed E-state index contributed by atoms with van der Waals surface area (Å²) in [5, 5.41) is 6.07. The van der Waals surface area contributed by atoms with Gasteiger partial charge >= 0.3 is 0 Å². The van der Waals surface area contributed by atoms with Gasteiger partial charge in [-0.15, -0.1) is 0 Å². The fraction of sp³-hybridized carbons (Fsp3) is 0.344. The van der Waals surface area contributed by atoms with Crippen LogP contribution in [0, 0.1) is 11.6 Å². The maximum atomic E-state index is 17.3. The average Bonchev–Trinajstić information content (AvgIpc) is 3.78. The molecule has 0 saturated carbocycles. The lowest BCUT2D eigenvalue weighted by Crippen LogP contribution is -2.68. The molecule has 7 heterocycles. The first-order chi connectivity index (χ1) is 22.3. The number of halogens is 2. The van der Waals surface area contributed by atoms with E-state index < -0.39 is 11.6 Å². The third kappa shape index (κ3) is 3.99. The number of likely N-dealkylation sites (tertiary alicyclic amines) is 1. The number of pyridine rings is 1. The molecule has 234 valence electrons. The Bertz CT molecular complexity index is 2200. The van der Waals surface area contributed by atoms with Gasteiger partial charge in [0.1, 0.15) is 23.0 Å². The number of aromatic nitrogens is 6. The Kier molecular flexibility index (Phi) is 5.94. The van der Waals surface area contributed by atoms with Crippen molar-refractivity contribution in [1.82, 2.24) is 34.6 Å². The summed E-state index contributed by atoms with van der Waals surface area (Å²) in [4.78, 5) is 25.6. The van der Waals surface area contributed by atoms with E-state index in [9.17, 15) is 4.39 Å². The second-order valence-corrected chi connectivity index (χ2v) is 13.8. The van der Waals surface area contributed by atoms with Crippen LogP contribution in [0.15, 0.2) is 36.7 Å². The van der Waals surface area contributed by atoms with Crippen LogP contribution in [-0.2, 0) is 13.1 Å². The number of nitrogen functional groups attached to an aromatic ring is 2. The molecule has 0 radical (unpaired) electrons. The highest BCUT2D eigenvalue weighted by Gasteiger charge is 2.46. The van der Waals surface area contributed by atoms with Gasteiger partial charge in [0.15, 0.2) is 10.9 Å². The summed E-state index contributed by atoms with van der Waals surface area (Å²) in [6.45, 7) is 7.46. The Balaban J connectivity index is 1.28. The molecular weight excluding hydrogens is 608 g/mol. The summed E-state index contributed by atoms with van der Waals surface area (Å²) >= 11 is 1.04. The maximum Gasteiger partial charge on any atom is 0.228 e. The molecule has 9 rings (SSSR count). The van der Waals surface area contributed by atoms with Crippen molar-refractivity contribution >= 4 is 66.1 Å². The van der Waals surface area contributed by atoms with Crippen molar-refractivity contribution in [3.05, 3.63) is 53.9 Å². The number of hydrogen-bond acceptors (Lipinski definition) is 11. The SMILES string of the molecule is CC1(N2CCCC2)CN(c2nc3c4c(n2)c(F)c(-c2ccc(F)c5sc(N)nc25)c2cnn(c24)CCN3Cc2cccnc2N)C1. The monoisotopic (exact) mass is 639 g/mol. The van der Waals surface area contributed by atoms with Gasteiger partial charge in [0.05, 0.1) is 39.4 Å². The molecule has 4 N–H and O–H groups in total. The highest BCUT2D eigenvalue weighted by molar-refractivity contribution is 7.22. The van der Waals surface area contributed by atoms with Crippen LogP contribution in [-0.4, -0.2) is 72.9 Å². The van der Waals surface area contributed by atoms with Crippen molar-refractivity contribution in [2.75, 3.05) is 54.0 Å². The van der Waals surface area contributed by atoms with E-state index >= 15 is 4.39 Å². The number of anilines is 4. The lowest BCUT2D eigenvalue weighted by atomic mass is 9.90. The number of hydrogen-bond donors (Lipinski definition) is 2. The highest BCUT2D eigenvalue weighted by Crippen LogP contribution is 2.46. The zero-order valence-corrected chi connectivity index (χ0v) is 26.0. The van der Waals surface area contributed by atoms with Crippen LogP contribution in [0.4, 0.5) is 31.5 Å². The molecule has 0 atom stereocenters. The Morgan fingerprint density at radius 2 is 1.80 bits per heavy atom. The quantitative estimate of drug-likeness (QED) is 0.272. The molecule has 46 heavy (non-hydrogen) atoms. The minimum Gasteiger partial charge on any atom is -0.383 e. The van der Waals surface area contributed by atoms with Gasteiger partial charge in [-0.25, -0.2) is 23.7 Å². The van der Waals surface area contributed by atoms with E-state index in [0.717, 1.165) is 48.6 Å². The van der Waals surface area contributed by atoms with E-state index in [1.165, 1.54) is 18.9 Å². The number of fused-ring (bicyclic) bond motifs is 1. The van der Waals surface area contributed by atoms with Crippen LogP contribution in [0.5, 0.6) is 0 Å². The number of thiazole rings is 1. The molecule has 2 aromatic carbocycles. The van der Waals surface area contributed by atoms with Crippen LogP contribution in [0.1, 0.15) is 25.3 Å². The first-order valence-electron chi connectivity index (χ1n) is 15.5. The molecule has 0 aliphatic carbocycles. The van der Waals surface area contributed by atoms with Gasteiger partial charge in [-0.3, -0.25) is 9.58 Å². The fourth-order valence-electron chi connectivity index (χ4n) is 7.52. The number of nitrogens with two attached hydrogens (primary N) is 2. The molecule has 4 aromatic heterocycles. The van der Waals surface area contributed by atoms with Crippen LogP contribution in [0.2, 0.25) is 0 Å². The summed E-state index contributed by atoms with van der Waals surface area (Å²) in [5.74, 6) is 0.554. The minimum atomic E-state index is -0.531. The second-order valence-electron chi connectivity index (χ2n) is 12.7. The smallest absolute Gasteiger partial charge is 0.228 e. The summed E-state index contributed by atoms with van der Waals surface area (Å²) in [7, 11) is 0. The predicted molar refractivity (Wildman–Crippen MR) is 177 cm³/mol. The molecule has 2 saturated heterocycles. The normalized spacial score (nSPS) is 17.9. The third-order valence-electron chi connectivity index (χ3n) is 9.82. The Morgan fingerprint density at radius 1 is 0.978 bits per heavy atom. The van der Waals surface area contributed by atoms with Crippen LogP contribution in [0.25, 0.3) is 43.1 Å². The van der Waals surface area contributed by atoms with E-state index in [4.69, 9.17) is 26.5 Å². The summed E-state index contributed by atoms with van der Waals surface area (Å²) < 4.78 is 34.3. The van der Waals surface area contributed by atoms with Crippen molar-refractivity contribution in [2.45, 2.75) is 38.4 Å². The zero-order chi connectivity index (χ0) is 31.3. The number of rotatable bonds is 5.